The summed E-state index contributed by atoms with van der Waals surface area (Å²) >= 11 is 0. The van der Waals surface area contributed by atoms with E-state index >= 15 is 0 Å². The van der Waals surface area contributed by atoms with Crippen LogP contribution in [-0.4, -0.2) is 29.0 Å². The normalized spacial score (nSPS) is 10.6. The van der Waals surface area contributed by atoms with Crippen LogP contribution >= 0.6 is 0 Å². The second-order valence-electron chi connectivity index (χ2n) is 7.36. The molecule has 3 aromatic rings. The number of rotatable bonds is 7. The van der Waals surface area contributed by atoms with E-state index in [2.05, 4.69) is 45.4 Å². The smallest absolute Gasteiger partial charge is 0.255 e. The molecule has 0 aliphatic heterocycles. The molecule has 0 saturated carbocycles. The standard InChI is InChI=1S/C24H29N5O/c1-6-29(7-2)23-15-22(25-18(5)26-23)27-20-8-10-21(11-9-20)28-24(30)19-13-16(3)12-17(4)14-19/h8-15H,6-7H2,1-5H3,(H,28,30)(H,25,26,27). The van der Waals surface area contributed by atoms with E-state index in [-0.39, 0.29) is 5.91 Å². The van der Waals surface area contributed by atoms with Gasteiger partial charge in [0.15, 0.2) is 0 Å². The summed E-state index contributed by atoms with van der Waals surface area (Å²) < 4.78 is 0. The number of hydrogen-bond donors (Lipinski definition) is 2. The molecule has 1 amide bonds. The molecule has 1 heterocycles. The molecule has 0 unspecified atom stereocenters. The van der Waals surface area contributed by atoms with Gasteiger partial charge in [-0.05, 0) is 71.0 Å². The SMILES string of the molecule is CCN(CC)c1cc(Nc2ccc(NC(=O)c3cc(C)cc(C)c3)cc2)nc(C)n1. The lowest BCUT2D eigenvalue weighted by atomic mass is 10.1. The maximum atomic E-state index is 12.5. The second-order valence-corrected chi connectivity index (χ2v) is 7.36. The van der Waals surface area contributed by atoms with Crippen molar-refractivity contribution >= 4 is 28.9 Å². The molecule has 30 heavy (non-hydrogen) atoms. The predicted molar refractivity (Wildman–Crippen MR) is 124 cm³/mol. The van der Waals surface area contributed by atoms with E-state index in [0.29, 0.717) is 5.56 Å². The molecule has 0 aliphatic rings. The fourth-order valence-corrected chi connectivity index (χ4v) is 3.42. The van der Waals surface area contributed by atoms with Gasteiger partial charge in [0.2, 0.25) is 0 Å². The Morgan fingerprint density at radius 3 is 2.07 bits per heavy atom. The number of nitrogens with one attached hydrogen (secondary N) is 2. The highest BCUT2D eigenvalue weighted by molar-refractivity contribution is 6.04. The van der Waals surface area contributed by atoms with Crippen molar-refractivity contribution in [3.8, 4) is 0 Å². The minimum atomic E-state index is -0.113. The Labute approximate surface area is 178 Å². The molecular weight excluding hydrogens is 374 g/mol. The predicted octanol–water partition coefficient (Wildman–Crippen LogP) is 5.24. The molecule has 0 bridgehead atoms. The van der Waals surface area contributed by atoms with Gasteiger partial charge in [0.1, 0.15) is 17.5 Å². The Morgan fingerprint density at radius 2 is 1.47 bits per heavy atom. The number of nitrogens with zero attached hydrogens (tertiary/aromatic N) is 3. The summed E-state index contributed by atoms with van der Waals surface area (Å²) in [5.74, 6) is 2.26. The summed E-state index contributed by atoms with van der Waals surface area (Å²) in [6.45, 7) is 11.9. The van der Waals surface area contributed by atoms with Crippen molar-refractivity contribution in [2.45, 2.75) is 34.6 Å². The van der Waals surface area contributed by atoms with Crippen molar-refractivity contribution in [1.82, 2.24) is 9.97 Å². The van der Waals surface area contributed by atoms with Gasteiger partial charge in [-0.15, -0.1) is 0 Å². The molecule has 0 fully saturated rings. The number of amides is 1. The zero-order valence-corrected chi connectivity index (χ0v) is 18.3. The molecule has 0 saturated heterocycles. The van der Waals surface area contributed by atoms with Gasteiger partial charge < -0.3 is 15.5 Å². The Hall–Kier alpha value is -3.41. The molecule has 156 valence electrons. The van der Waals surface area contributed by atoms with E-state index < -0.39 is 0 Å². The molecular formula is C24H29N5O. The van der Waals surface area contributed by atoms with Crippen LogP contribution in [0.4, 0.5) is 23.0 Å². The Morgan fingerprint density at radius 1 is 0.867 bits per heavy atom. The monoisotopic (exact) mass is 403 g/mol. The summed E-state index contributed by atoms with van der Waals surface area (Å²) in [6.07, 6.45) is 0. The fourth-order valence-electron chi connectivity index (χ4n) is 3.42. The lowest BCUT2D eigenvalue weighted by molar-refractivity contribution is 0.102. The number of carbonyl (C=O) groups excluding carboxylic acids is 1. The molecule has 0 aliphatic carbocycles. The van der Waals surface area contributed by atoms with Crippen molar-refractivity contribution in [2.24, 2.45) is 0 Å². The topological polar surface area (TPSA) is 70.2 Å². The van der Waals surface area contributed by atoms with Crippen molar-refractivity contribution in [3.63, 3.8) is 0 Å². The molecule has 2 N–H and O–H groups in total. The highest BCUT2D eigenvalue weighted by atomic mass is 16.1. The lowest BCUT2D eigenvalue weighted by Gasteiger charge is -2.20. The number of anilines is 4. The van der Waals surface area contributed by atoms with Crippen LogP contribution in [0.15, 0.2) is 48.5 Å². The van der Waals surface area contributed by atoms with Crippen LogP contribution in [0.25, 0.3) is 0 Å². The van der Waals surface area contributed by atoms with Crippen LogP contribution < -0.4 is 15.5 Å². The van der Waals surface area contributed by atoms with Crippen LogP contribution in [0.5, 0.6) is 0 Å². The van der Waals surface area contributed by atoms with Crippen molar-refractivity contribution in [2.75, 3.05) is 28.6 Å². The summed E-state index contributed by atoms with van der Waals surface area (Å²) in [6, 6.07) is 15.4. The Bertz CT molecular complexity index is 1010. The number of aromatic nitrogens is 2. The number of benzene rings is 2. The van der Waals surface area contributed by atoms with Crippen LogP contribution in [0.1, 0.15) is 41.2 Å². The first-order valence-corrected chi connectivity index (χ1v) is 10.2. The highest BCUT2D eigenvalue weighted by Gasteiger charge is 2.09. The molecule has 3 rings (SSSR count). The quantitative estimate of drug-likeness (QED) is 0.564. The van der Waals surface area contributed by atoms with E-state index in [0.717, 1.165) is 53.1 Å². The number of carbonyl (C=O) groups is 1. The van der Waals surface area contributed by atoms with Gasteiger partial charge in [0, 0.05) is 36.1 Å². The number of hydrogen-bond acceptors (Lipinski definition) is 5. The maximum absolute atomic E-state index is 12.5. The largest absolute Gasteiger partial charge is 0.357 e. The average Bonchev–Trinajstić information content (AvgIpc) is 2.69. The molecule has 6 heteroatoms. The summed E-state index contributed by atoms with van der Waals surface area (Å²) in [5.41, 5.74) is 4.44. The van der Waals surface area contributed by atoms with Crippen LogP contribution in [0.2, 0.25) is 0 Å². The zero-order valence-electron chi connectivity index (χ0n) is 18.3. The van der Waals surface area contributed by atoms with E-state index in [9.17, 15) is 4.79 Å². The van der Waals surface area contributed by atoms with Gasteiger partial charge in [-0.2, -0.15) is 0 Å². The summed E-state index contributed by atoms with van der Waals surface area (Å²) in [5, 5.41) is 6.28. The third-order valence-corrected chi connectivity index (χ3v) is 4.81. The third kappa shape index (κ3) is 5.35. The Kier molecular flexibility index (Phi) is 6.67. The van der Waals surface area contributed by atoms with Crippen molar-refractivity contribution < 1.29 is 4.79 Å². The third-order valence-electron chi connectivity index (χ3n) is 4.81. The summed E-state index contributed by atoms with van der Waals surface area (Å²) in [7, 11) is 0. The molecule has 2 aromatic carbocycles. The second kappa shape index (κ2) is 9.39. The van der Waals surface area contributed by atoms with Gasteiger partial charge in [-0.3, -0.25) is 4.79 Å². The lowest BCUT2D eigenvalue weighted by Crippen LogP contribution is -2.23. The van der Waals surface area contributed by atoms with Crippen LogP contribution in [0.3, 0.4) is 0 Å². The summed E-state index contributed by atoms with van der Waals surface area (Å²) in [4.78, 5) is 23.7. The van der Waals surface area contributed by atoms with Crippen molar-refractivity contribution in [3.05, 3.63) is 71.0 Å². The van der Waals surface area contributed by atoms with E-state index in [1.807, 2.05) is 63.2 Å². The zero-order chi connectivity index (χ0) is 21.7. The maximum Gasteiger partial charge on any atom is 0.255 e. The average molecular weight is 404 g/mol. The molecule has 0 spiro atoms. The minimum absolute atomic E-state index is 0.113. The Balaban J connectivity index is 1.71. The van der Waals surface area contributed by atoms with Gasteiger partial charge >= 0.3 is 0 Å². The van der Waals surface area contributed by atoms with Gasteiger partial charge in [-0.25, -0.2) is 9.97 Å². The van der Waals surface area contributed by atoms with Gasteiger partial charge in [-0.1, -0.05) is 17.2 Å². The van der Waals surface area contributed by atoms with E-state index in [1.165, 1.54) is 0 Å². The van der Waals surface area contributed by atoms with Crippen molar-refractivity contribution in [1.29, 1.82) is 0 Å². The van der Waals surface area contributed by atoms with Gasteiger partial charge in [0.05, 0.1) is 0 Å². The fraction of sp³-hybridized carbons (Fsp3) is 0.292. The first-order chi connectivity index (χ1) is 14.4. The number of aryl methyl sites for hydroxylation is 3. The molecule has 0 atom stereocenters. The van der Waals surface area contributed by atoms with E-state index in [4.69, 9.17) is 0 Å². The highest BCUT2D eigenvalue weighted by Crippen LogP contribution is 2.22. The molecule has 6 nitrogen and oxygen atoms in total. The first-order valence-electron chi connectivity index (χ1n) is 10.2. The van der Waals surface area contributed by atoms with Gasteiger partial charge in [0.25, 0.3) is 5.91 Å². The molecule has 1 aromatic heterocycles. The van der Waals surface area contributed by atoms with E-state index in [1.54, 1.807) is 0 Å². The van der Waals surface area contributed by atoms with Crippen LogP contribution in [-0.2, 0) is 0 Å². The first kappa shape index (κ1) is 21.3. The molecule has 0 radical (unpaired) electrons. The van der Waals surface area contributed by atoms with Crippen LogP contribution in [0, 0.1) is 20.8 Å². The minimum Gasteiger partial charge on any atom is -0.357 e.